The van der Waals surface area contributed by atoms with Gasteiger partial charge in [-0.2, -0.15) is 10.2 Å². The molecule has 1 aliphatic rings. The first-order valence-electron chi connectivity index (χ1n) is 7.51. The van der Waals surface area contributed by atoms with Gasteiger partial charge in [-0.3, -0.25) is 0 Å². The van der Waals surface area contributed by atoms with Gasteiger partial charge in [-0.25, -0.2) is 9.97 Å². The van der Waals surface area contributed by atoms with Gasteiger partial charge in [0.1, 0.15) is 11.9 Å². The molecule has 1 saturated carbocycles. The fourth-order valence-electron chi connectivity index (χ4n) is 2.44. The average Bonchev–Trinajstić information content (AvgIpc) is 3.15. The van der Waals surface area contributed by atoms with Crippen LogP contribution in [0.5, 0.6) is 5.88 Å². The average molecular weight is 305 g/mol. The van der Waals surface area contributed by atoms with Gasteiger partial charge in [0.05, 0.1) is 24.5 Å². The van der Waals surface area contributed by atoms with Crippen molar-refractivity contribution >= 4 is 11.2 Å². The quantitative estimate of drug-likeness (QED) is 0.740. The molecule has 0 aliphatic heterocycles. The van der Waals surface area contributed by atoms with Gasteiger partial charge in [0.2, 0.25) is 5.88 Å². The molecule has 6 heteroatoms. The highest BCUT2D eigenvalue weighted by atomic mass is 16.5. The van der Waals surface area contributed by atoms with E-state index in [1.165, 1.54) is 6.33 Å². The summed E-state index contributed by atoms with van der Waals surface area (Å²) in [5.74, 6) is 0.550. The second-order valence-electron chi connectivity index (χ2n) is 6.08. The Morgan fingerprint density at radius 2 is 2.00 bits per heavy atom. The van der Waals surface area contributed by atoms with Crippen LogP contribution >= 0.6 is 0 Å². The smallest absolute Gasteiger partial charge is 0.245 e. The highest BCUT2D eigenvalue weighted by molar-refractivity contribution is 5.76. The molecular weight excluding hydrogens is 290 g/mol. The molecule has 114 valence electrons. The van der Waals surface area contributed by atoms with Gasteiger partial charge in [0.15, 0.2) is 11.2 Å². The third kappa shape index (κ3) is 2.61. The van der Waals surface area contributed by atoms with Crippen molar-refractivity contribution in [2.45, 2.75) is 31.9 Å². The molecule has 1 aliphatic carbocycles. The number of fused-ring (bicyclic) bond motifs is 1. The summed E-state index contributed by atoms with van der Waals surface area (Å²) >= 11 is 0. The van der Waals surface area contributed by atoms with Crippen LogP contribution in [-0.2, 0) is 6.54 Å². The first-order chi connectivity index (χ1) is 11.2. The zero-order valence-electron chi connectivity index (χ0n) is 12.7. The number of aromatic nitrogens is 4. The molecule has 0 unspecified atom stereocenters. The minimum absolute atomic E-state index is 0.0990. The van der Waals surface area contributed by atoms with Gasteiger partial charge in [0, 0.05) is 0 Å². The molecular formula is C17H15N5O. The first-order valence-corrected chi connectivity index (χ1v) is 7.51. The Balaban J connectivity index is 1.65. The normalized spacial score (nSPS) is 15.3. The molecule has 4 rings (SSSR count). The zero-order chi connectivity index (χ0) is 15.9. The van der Waals surface area contributed by atoms with Gasteiger partial charge in [0.25, 0.3) is 0 Å². The second-order valence-corrected chi connectivity index (χ2v) is 6.08. The summed E-state index contributed by atoms with van der Waals surface area (Å²) in [7, 11) is 0. The first kappa shape index (κ1) is 13.7. The Labute approximate surface area is 133 Å². The Morgan fingerprint density at radius 3 is 2.70 bits per heavy atom. The van der Waals surface area contributed by atoms with Crippen LogP contribution in [0, 0.1) is 11.3 Å². The molecule has 2 heterocycles. The van der Waals surface area contributed by atoms with Gasteiger partial charge < -0.3 is 9.30 Å². The van der Waals surface area contributed by atoms with Crippen molar-refractivity contribution in [2.75, 3.05) is 0 Å². The van der Waals surface area contributed by atoms with Crippen LogP contribution in [-0.4, -0.2) is 25.1 Å². The molecule has 2 aromatic heterocycles. The molecule has 3 aromatic rings. The Morgan fingerprint density at radius 1 is 1.22 bits per heavy atom. The van der Waals surface area contributed by atoms with Gasteiger partial charge in [-0.1, -0.05) is 12.1 Å². The van der Waals surface area contributed by atoms with Crippen molar-refractivity contribution in [1.29, 1.82) is 5.26 Å². The Kier molecular flexibility index (Phi) is 3.01. The number of rotatable bonds is 4. The number of imidazole rings is 1. The van der Waals surface area contributed by atoms with Gasteiger partial charge in [-0.15, -0.1) is 0 Å². The van der Waals surface area contributed by atoms with E-state index in [0.29, 0.717) is 23.5 Å². The standard InChI is InChI=1S/C17H15N5O/c1-17(6-7-17)23-16-14-15(19-10-20-16)22(11-21-14)9-13-4-2-12(8-18)3-5-13/h2-5,10-11H,6-7,9H2,1H3. The summed E-state index contributed by atoms with van der Waals surface area (Å²) in [4.78, 5) is 13.0. The van der Waals surface area contributed by atoms with E-state index in [2.05, 4.69) is 27.9 Å². The van der Waals surface area contributed by atoms with Gasteiger partial charge in [-0.05, 0) is 37.5 Å². The number of ether oxygens (including phenoxy) is 1. The molecule has 0 saturated heterocycles. The van der Waals surface area contributed by atoms with E-state index in [1.807, 2.05) is 28.8 Å². The summed E-state index contributed by atoms with van der Waals surface area (Å²) in [5, 5.41) is 8.86. The largest absolute Gasteiger partial charge is 0.470 e. The van der Waals surface area contributed by atoms with E-state index in [-0.39, 0.29) is 5.60 Å². The van der Waals surface area contributed by atoms with E-state index in [4.69, 9.17) is 10.00 Å². The highest BCUT2D eigenvalue weighted by Gasteiger charge is 2.41. The lowest BCUT2D eigenvalue weighted by Crippen LogP contribution is -2.13. The monoisotopic (exact) mass is 305 g/mol. The zero-order valence-corrected chi connectivity index (χ0v) is 12.7. The minimum Gasteiger partial charge on any atom is -0.470 e. The predicted octanol–water partition coefficient (Wildman–Crippen LogP) is 2.68. The molecule has 0 spiro atoms. The van der Waals surface area contributed by atoms with Crippen LogP contribution < -0.4 is 4.74 Å². The number of nitriles is 1. The molecule has 0 amide bonds. The van der Waals surface area contributed by atoms with E-state index < -0.39 is 0 Å². The summed E-state index contributed by atoms with van der Waals surface area (Å²) in [6.07, 6.45) is 5.36. The number of hydrogen-bond acceptors (Lipinski definition) is 5. The molecule has 0 radical (unpaired) electrons. The predicted molar refractivity (Wildman–Crippen MR) is 83.8 cm³/mol. The van der Waals surface area contributed by atoms with E-state index in [9.17, 15) is 0 Å². The lowest BCUT2D eigenvalue weighted by Gasteiger charge is -2.11. The summed E-state index contributed by atoms with van der Waals surface area (Å²) < 4.78 is 7.92. The maximum absolute atomic E-state index is 8.86. The van der Waals surface area contributed by atoms with Crippen LogP contribution in [0.25, 0.3) is 11.2 Å². The minimum atomic E-state index is -0.0990. The third-order valence-electron chi connectivity index (χ3n) is 4.10. The maximum atomic E-state index is 8.86. The molecule has 0 N–H and O–H groups in total. The van der Waals surface area contributed by atoms with Gasteiger partial charge >= 0.3 is 0 Å². The molecule has 1 aromatic carbocycles. The molecule has 1 fully saturated rings. The fourth-order valence-corrected chi connectivity index (χ4v) is 2.44. The fraction of sp³-hybridized carbons (Fsp3) is 0.294. The van der Waals surface area contributed by atoms with Crippen molar-refractivity contribution in [3.8, 4) is 11.9 Å². The van der Waals surface area contributed by atoms with Crippen LogP contribution in [0.1, 0.15) is 30.9 Å². The third-order valence-corrected chi connectivity index (χ3v) is 4.10. The lowest BCUT2D eigenvalue weighted by molar-refractivity contribution is 0.194. The van der Waals surface area contributed by atoms with Crippen molar-refractivity contribution < 1.29 is 4.74 Å². The Bertz CT molecular complexity index is 903. The number of benzene rings is 1. The number of hydrogen-bond donors (Lipinski definition) is 0. The Hall–Kier alpha value is -2.94. The van der Waals surface area contributed by atoms with E-state index in [0.717, 1.165) is 24.1 Å². The van der Waals surface area contributed by atoms with Crippen molar-refractivity contribution in [1.82, 2.24) is 19.5 Å². The second kappa shape index (κ2) is 5.06. The van der Waals surface area contributed by atoms with Crippen LogP contribution in [0.4, 0.5) is 0 Å². The van der Waals surface area contributed by atoms with Crippen LogP contribution in [0.3, 0.4) is 0 Å². The summed E-state index contributed by atoms with van der Waals surface area (Å²) in [5.41, 5.74) is 3.08. The lowest BCUT2D eigenvalue weighted by atomic mass is 10.1. The van der Waals surface area contributed by atoms with Crippen LogP contribution in [0.15, 0.2) is 36.9 Å². The van der Waals surface area contributed by atoms with Crippen molar-refractivity contribution in [3.05, 3.63) is 48.0 Å². The topological polar surface area (TPSA) is 76.6 Å². The molecule has 23 heavy (non-hydrogen) atoms. The highest BCUT2D eigenvalue weighted by Crippen LogP contribution is 2.40. The SMILES string of the molecule is CC1(Oc2ncnc3c2ncn3Cc2ccc(C#N)cc2)CC1. The van der Waals surface area contributed by atoms with Crippen molar-refractivity contribution in [2.24, 2.45) is 0 Å². The van der Waals surface area contributed by atoms with Crippen LogP contribution in [0.2, 0.25) is 0 Å². The van der Waals surface area contributed by atoms with E-state index >= 15 is 0 Å². The molecule has 0 bridgehead atoms. The number of nitrogens with zero attached hydrogens (tertiary/aromatic N) is 5. The summed E-state index contributed by atoms with van der Waals surface area (Å²) in [6.45, 7) is 2.71. The maximum Gasteiger partial charge on any atom is 0.245 e. The molecule has 6 nitrogen and oxygen atoms in total. The summed E-state index contributed by atoms with van der Waals surface area (Å²) in [6, 6.07) is 9.62. The van der Waals surface area contributed by atoms with E-state index in [1.54, 1.807) is 6.33 Å². The van der Waals surface area contributed by atoms with Crippen molar-refractivity contribution in [3.63, 3.8) is 0 Å². The molecule has 0 atom stereocenters.